The van der Waals surface area contributed by atoms with Gasteiger partial charge in [-0.3, -0.25) is 4.79 Å². The third-order valence-corrected chi connectivity index (χ3v) is 12.6. The summed E-state index contributed by atoms with van der Waals surface area (Å²) >= 11 is 0. The summed E-state index contributed by atoms with van der Waals surface area (Å²) in [5.74, 6) is -2.07. The number of ether oxygens (including phenoxy) is 12. The number of methoxy groups -OCH3 is 1. The zero-order valence-corrected chi connectivity index (χ0v) is 42.2. The summed E-state index contributed by atoms with van der Waals surface area (Å²) in [5, 5.41) is 0. The van der Waals surface area contributed by atoms with E-state index < -0.39 is 85.4 Å². The summed E-state index contributed by atoms with van der Waals surface area (Å²) < 4.78 is 78.9. The molecule has 0 bridgehead atoms. The van der Waals surface area contributed by atoms with Crippen molar-refractivity contribution in [2.24, 2.45) is 0 Å². The first-order valence-corrected chi connectivity index (χ1v) is 25.1. The smallest absolute Gasteiger partial charge is 0.339 e. The minimum Gasteiger partial charge on any atom is -0.464 e. The third-order valence-electron chi connectivity index (χ3n) is 12.6. The zero-order chi connectivity index (χ0) is 52.2. The van der Waals surface area contributed by atoms with Crippen LogP contribution in [0.1, 0.15) is 58.1 Å². The Bertz CT molecular complexity index is 2610. The molecule has 0 N–H and O–H groups in total. The molecule has 0 unspecified atom stereocenters. The van der Waals surface area contributed by atoms with E-state index in [2.05, 4.69) is 0 Å². The van der Waals surface area contributed by atoms with Gasteiger partial charge in [-0.1, -0.05) is 170 Å². The van der Waals surface area contributed by atoms with Gasteiger partial charge in [0, 0.05) is 14.0 Å². The van der Waals surface area contributed by atoms with Crippen LogP contribution in [0.2, 0.25) is 0 Å². The number of rotatable bonds is 25. The topological polar surface area (TPSA) is 162 Å². The van der Waals surface area contributed by atoms with Crippen molar-refractivity contribution in [2.45, 2.75) is 108 Å². The fourth-order valence-corrected chi connectivity index (χ4v) is 8.90. The molecule has 394 valence electrons. The number of carbonyl (C=O) groups is 3. The van der Waals surface area contributed by atoms with Crippen molar-refractivity contribution in [3.63, 3.8) is 0 Å². The molecule has 2 aliphatic heterocycles. The van der Waals surface area contributed by atoms with Gasteiger partial charge in [0.25, 0.3) is 0 Å². The van der Waals surface area contributed by atoms with E-state index in [0.717, 1.165) is 22.3 Å². The Balaban J connectivity index is 1.26. The second kappa shape index (κ2) is 28.3. The Morgan fingerprint density at radius 2 is 0.960 bits per heavy atom. The molecule has 0 aromatic heterocycles. The Labute approximate surface area is 437 Å². The average molecular weight is 1030 g/mol. The van der Waals surface area contributed by atoms with E-state index in [1.54, 1.807) is 67.6 Å². The van der Waals surface area contributed by atoms with E-state index >= 15 is 0 Å². The molecule has 0 spiro atoms. The third kappa shape index (κ3) is 15.5. The highest BCUT2D eigenvalue weighted by molar-refractivity contribution is 5.89. The van der Waals surface area contributed by atoms with E-state index in [9.17, 15) is 14.4 Å². The van der Waals surface area contributed by atoms with Crippen molar-refractivity contribution < 1.29 is 71.2 Å². The molecule has 0 saturated carbocycles. The van der Waals surface area contributed by atoms with Crippen LogP contribution in [0, 0.1) is 0 Å². The number of esters is 3. The molecule has 6 aromatic rings. The maximum absolute atomic E-state index is 14.5. The summed E-state index contributed by atoms with van der Waals surface area (Å²) in [7, 11) is 1.52. The quantitative estimate of drug-likeness (QED) is 0.0394. The highest BCUT2D eigenvalue weighted by atomic mass is 16.8. The van der Waals surface area contributed by atoms with Gasteiger partial charge in [-0.25, -0.2) is 9.59 Å². The van der Waals surface area contributed by atoms with Crippen molar-refractivity contribution in [3.8, 4) is 0 Å². The molecule has 0 amide bonds. The predicted octanol–water partition coefficient (Wildman–Crippen LogP) is 8.92. The Morgan fingerprint density at radius 3 is 1.48 bits per heavy atom. The maximum Gasteiger partial charge on any atom is 0.339 e. The minimum absolute atomic E-state index is 0.00852. The summed E-state index contributed by atoms with van der Waals surface area (Å²) in [6.45, 7) is 3.07. The van der Waals surface area contributed by atoms with Crippen LogP contribution in [-0.4, -0.2) is 106 Å². The van der Waals surface area contributed by atoms with E-state index in [1.807, 2.05) is 121 Å². The van der Waals surface area contributed by atoms with Crippen LogP contribution in [0.25, 0.3) is 0 Å². The molecule has 8 rings (SSSR count). The SMILES string of the molecule is CCOC(=O)[C@H](O[C@H]1[C@@H](O[C@H]2[C@H](OCc3ccccc3)[C@@H](OCc3ccccc3)[C@@H](OC)O[C@@H]2COCc2ccccc2)O[C@H](COC(C)=O)[C@@H](OCc2ccccc2)[C@@H]1OC(=O)c1ccccc1)c1ccccc1. The Hall–Kier alpha value is -6.63. The minimum atomic E-state index is -1.57. The average Bonchev–Trinajstić information content (AvgIpc) is 3.45. The van der Waals surface area contributed by atoms with Gasteiger partial charge in [0.15, 0.2) is 24.8 Å². The lowest BCUT2D eigenvalue weighted by atomic mass is 9.95. The first-order chi connectivity index (χ1) is 36.8. The van der Waals surface area contributed by atoms with Crippen molar-refractivity contribution in [1.82, 2.24) is 0 Å². The summed E-state index contributed by atoms with van der Waals surface area (Å²) in [6.07, 6.45) is -13.3. The largest absolute Gasteiger partial charge is 0.464 e. The molecule has 2 saturated heterocycles. The summed E-state index contributed by atoms with van der Waals surface area (Å²) in [4.78, 5) is 41.4. The molecule has 2 fully saturated rings. The second-order valence-corrected chi connectivity index (χ2v) is 17.9. The van der Waals surface area contributed by atoms with Crippen LogP contribution in [0.4, 0.5) is 0 Å². The lowest BCUT2D eigenvalue weighted by Crippen LogP contribution is -2.67. The van der Waals surface area contributed by atoms with Gasteiger partial charge in [0.1, 0.15) is 49.3 Å². The Kier molecular flexibility index (Phi) is 20.6. The fourth-order valence-electron chi connectivity index (χ4n) is 8.90. The molecule has 2 heterocycles. The summed E-state index contributed by atoms with van der Waals surface area (Å²) in [6, 6.07) is 55.5. The van der Waals surface area contributed by atoms with E-state index in [-0.39, 0.29) is 51.8 Å². The number of carbonyl (C=O) groups excluding carboxylic acids is 3. The normalized spacial score (nSPS) is 23.9. The first-order valence-electron chi connectivity index (χ1n) is 25.1. The van der Waals surface area contributed by atoms with Crippen LogP contribution >= 0.6 is 0 Å². The van der Waals surface area contributed by atoms with Crippen molar-refractivity contribution in [3.05, 3.63) is 215 Å². The highest BCUT2D eigenvalue weighted by Crippen LogP contribution is 2.38. The van der Waals surface area contributed by atoms with Gasteiger partial charge in [-0.05, 0) is 46.9 Å². The van der Waals surface area contributed by atoms with Crippen LogP contribution in [0.5, 0.6) is 0 Å². The van der Waals surface area contributed by atoms with Crippen molar-refractivity contribution in [1.29, 1.82) is 0 Å². The molecule has 75 heavy (non-hydrogen) atoms. The molecule has 11 atom stereocenters. The molecule has 2 aliphatic rings. The summed E-state index contributed by atoms with van der Waals surface area (Å²) in [5.41, 5.74) is 4.10. The highest BCUT2D eigenvalue weighted by Gasteiger charge is 2.56. The van der Waals surface area contributed by atoms with Gasteiger partial charge in [0.05, 0.1) is 45.2 Å². The van der Waals surface area contributed by atoms with E-state index in [4.69, 9.17) is 56.8 Å². The Morgan fingerprint density at radius 1 is 0.493 bits per heavy atom. The number of hydrogen-bond acceptors (Lipinski definition) is 15. The zero-order valence-electron chi connectivity index (χ0n) is 42.2. The molecule has 15 nitrogen and oxygen atoms in total. The van der Waals surface area contributed by atoms with Gasteiger partial charge in [-0.15, -0.1) is 0 Å². The van der Waals surface area contributed by atoms with E-state index in [0.29, 0.717) is 5.56 Å². The standard InChI is InChI=1S/C60H64O15/c1-4-66-58(63)50(46-31-19-9-20-32-46)73-56-54(74-57(62)47-33-21-10-22-34-47)51(68-36-43-25-13-6-14-26-43)49(40-67-41(2)61)72-60(56)75-52-48(39-65-35-42-23-11-5-12-24-42)71-59(64-3)55(70-38-45-29-17-8-18-30-45)53(52)69-37-44-27-15-7-16-28-44/h5-34,48-56,59-60H,4,35-40H2,1-3H3/t48-,49-,50-,51-,52-,53+,54+,55-,56-,59+,60-/m1/s1. The van der Waals surface area contributed by atoms with Crippen LogP contribution in [-0.2, 0) is 92.9 Å². The molecular formula is C60H64O15. The second-order valence-electron chi connectivity index (χ2n) is 17.9. The molecule has 6 aromatic carbocycles. The first kappa shape index (κ1) is 54.6. The van der Waals surface area contributed by atoms with E-state index in [1.165, 1.54) is 14.0 Å². The van der Waals surface area contributed by atoms with Gasteiger partial charge < -0.3 is 56.8 Å². The number of hydrogen-bond donors (Lipinski definition) is 0. The van der Waals surface area contributed by atoms with Crippen molar-refractivity contribution >= 4 is 17.9 Å². The van der Waals surface area contributed by atoms with Crippen molar-refractivity contribution in [2.75, 3.05) is 26.9 Å². The van der Waals surface area contributed by atoms with Gasteiger partial charge in [-0.2, -0.15) is 0 Å². The molecule has 0 aliphatic carbocycles. The lowest BCUT2D eigenvalue weighted by Gasteiger charge is -2.50. The maximum atomic E-state index is 14.5. The van der Waals surface area contributed by atoms with Crippen LogP contribution < -0.4 is 0 Å². The van der Waals surface area contributed by atoms with Gasteiger partial charge >= 0.3 is 17.9 Å². The lowest BCUT2D eigenvalue weighted by molar-refractivity contribution is -0.373. The predicted molar refractivity (Wildman–Crippen MR) is 273 cm³/mol. The van der Waals surface area contributed by atoms with Crippen LogP contribution in [0.15, 0.2) is 182 Å². The monoisotopic (exact) mass is 1020 g/mol. The molecule has 0 radical (unpaired) electrons. The van der Waals surface area contributed by atoms with Gasteiger partial charge in [0.2, 0.25) is 0 Å². The van der Waals surface area contributed by atoms with Crippen LogP contribution in [0.3, 0.4) is 0 Å². The molecular weight excluding hydrogens is 961 g/mol. The number of benzene rings is 6. The fraction of sp³-hybridized carbons (Fsp3) is 0.350. The molecule has 15 heteroatoms.